The highest BCUT2D eigenvalue weighted by Gasteiger charge is 2.24. The van der Waals surface area contributed by atoms with Gasteiger partial charge >= 0.3 is 0 Å². The molecule has 0 aliphatic rings. The first-order valence-electron chi connectivity index (χ1n) is 5.90. The minimum Gasteiger partial charge on any atom is -0.388 e. The van der Waals surface area contributed by atoms with Gasteiger partial charge in [0.1, 0.15) is 5.78 Å². The predicted octanol–water partition coefficient (Wildman–Crippen LogP) is 2.63. The number of nitro benzene ring substituents is 1. The number of carbonyl (C=O) groups is 1. The zero-order valence-corrected chi connectivity index (χ0v) is 10.5. The van der Waals surface area contributed by atoms with Crippen molar-refractivity contribution in [3.8, 4) is 0 Å². The van der Waals surface area contributed by atoms with E-state index < -0.39 is 16.9 Å². The molecule has 0 aliphatic heterocycles. The summed E-state index contributed by atoms with van der Waals surface area (Å²) in [7, 11) is 0. The molecule has 0 saturated carbocycles. The van der Waals surface area contributed by atoms with Crippen LogP contribution in [-0.2, 0) is 4.79 Å². The second-order valence-electron chi connectivity index (χ2n) is 4.30. The number of hydrogen-bond donors (Lipinski definition) is 1. The summed E-state index contributed by atoms with van der Waals surface area (Å²) in [6.07, 6.45) is 0.505. The Kier molecular flexibility index (Phi) is 4.97. The zero-order chi connectivity index (χ0) is 13.7. The smallest absolute Gasteiger partial charge is 0.269 e. The van der Waals surface area contributed by atoms with Crippen molar-refractivity contribution >= 4 is 11.5 Å². The van der Waals surface area contributed by atoms with Crippen LogP contribution >= 0.6 is 0 Å². The quantitative estimate of drug-likeness (QED) is 0.622. The number of nitrogens with zero attached hydrogens (tertiary/aromatic N) is 1. The zero-order valence-electron chi connectivity index (χ0n) is 10.5. The van der Waals surface area contributed by atoms with Gasteiger partial charge in [-0.05, 0) is 31.0 Å². The maximum absolute atomic E-state index is 11.5. The summed E-state index contributed by atoms with van der Waals surface area (Å²) in [5, 5.41) is 20.6. The Bertz CT molecular complexity index is 427. The van der Waals surface area contributed by atoms with Crippen molar-refractivity contribution in [2.24, 2.45) is 5.92 Å². The van der Waals surface area contributed by atoms with Gasteiger partial charge in [0, 0.05) is 18.1 Å². The third-order valence-corrected chi connectivity index (χ3v) is 2.95. The molecule has 0 heterocycles. The van der Waals surface area contributed by atoms with Crippen LogP contribution in [0, 0.1) is 16.0 Å². The molecule has 0 spiro atoms. The Labute approximate surface area is 106 Å². The molecule has 1 rings (SSSR count). The number of hydrogen-bond acceptors (Lipinski definition) is 4. The third kappa shape index (κ3) is 3.37. The van der Waals surface area contributed by atoms with Crippen molar-refractivity contribution in [3.05, 3.63) is 39.9 Å². The maximum Gasteiger partial charge on any atom is 0.269 e. The molecule has 1 aromatic carbocycles. The molecule has 98 valence electrons. The summed E-state index contributed by atoms with van der Waals surface area (Å²) in [6, 6.07) is 5.66. The average molecular weight is 251 g/mol. The van der Waals surface area contributed by atoms with Gasteiger partial charge in [-0.15, -0.1) is 0 Å². The van der Waals surface area contributed by atoms with E-state index in [0.717, 1.165) is 6.42 Å². The fourth-order valence-corrected chi connectivity index (χ4v) is 1.92. The number of ketones is 1. The van der Waals surface area contributed by atoms with Gasteiger partial charge in [0.15, 0.2) is 0 Å². The fraction of sp³-hybridized carbons (Fsp3) is 0.462. The molecule has 0 fully saturated rings. The monoisotopic (exact) mass is 251 g/mol. The van der Waals surface area contributed by atoms with E-state index in [2.05, 4.69) is 0 Å². The molecule has 0 amide bonds. The van der Waals surface area contributed by atoms with Gasteiger partial charge in [-0.25, -0.2) is 0 Å². The van der Waals surface area contributed by atoms with Gasteiger partial charge < -0.3 is 5.11 Å². The minimum absolute atomic E-state index is 0.0270. The Morgan fingerprint density at radius 1 is 1.39 bits per heavy atom. The highest BCUT2D eigenvalue weighted by atomic mass is 16.6. The van der Waals surface area contributed by atoms with Crippen LogP contribution in [0.4, 0.5) is 5.69 Å². The Morgan fingerprint density at radius 2 is 1.94 bits per heavy atom. The molecular formula is C13H17NO4. The SMILES string of the molecule is CCC[C@H](C(C)=O)[C@H](O)c1ccc([N+](=O)[O-])cc1. The van der Waals surface area contributed by atoms with E-state index in [1.54, 1.807) is 0 Å². The average Bonchev–Trinajstić information content (AvgIpc) is 2.35. The standard InChI is InChI=1S/C13H17NO4/c1-3-4-12(9(2)15)13(16)10-5-7-11(8-6-10)14(17)18/h5-8,12-13,16H,3-4H2,1-2H3/t12-,13-/m1/s1. The highest BCUT2D eigenvalue weighted by Crippen LogP contribution is 2.27. The Morgan fingerprint density at radius 3 is 2.33 bits per heavy atom. The number of non-ortho nitro benzene ring substituents is 1. The normalized spacial score (nSPS) is 13.9. The van der Waals surface area contributed by atoms with Crippen LogP contribution in [0.2, 0.25) is 0 Å². The lowest BCUT2D eigenvalue weighted by Crippen LogP contribution is -2.20. The lowest BCUT2D eigenvalue weighted by atomic mass is 9.89. The van der Waals surface area contributed by atoms with E-state index in [1.807, 2.05) is 6.92 Å². The first-order valence-corrected chi connectivity index (χ1v) is 5.90. The first kappa shape index (κ1) is 14.3. The summed E-state index contributed by atoms with van der Waals surface area (Å²) in [5.74, 6) is -0.515. The minimum atomic E-state index is -0.900. The predicted molar refractivity (Wildman–Crippen MR) is 67.1 cm³/mol. The molecule has 1 N–H and O–H groups in total. The van der Waals surface area contributed by atoms with E-state index in [9.17, 15) is 20.0 Å². The summed E-state index contributed by atoms with van der Waals surface area (Å²) >= 11 is 0. The molecule has 0 aliphatic carbocycles. The van der Waals surface area contributed by atoms with Crippen molar-refractivity contribution in [2.75, 3.05) is 0 Å². The molecular weight excluding hydrogens is 234 g/mol. The van der Waals surface area contributed by atoms with Gasteiger partial charge in [-0.1, -0.05) is 13.3 Å². The van der Waals surface area contributed by atoms with Crippen LogP contribution in [0.5, 0.6) is 0 Å². The van der Waals surface area contributed by atoms with Gasteiger partial charge in [0.25, 0.3) is 5.69 Å². The molecule has 1 aromatic rings. The van der Waals surface area contributed by atoms with Crippen LogP contribution in [0.25, 0.3) is 0 Å². The van der Waals surface area contributed by atoms with E-state index in [4.69, 9.17) is 0 Å². The van der Waals surface area contributed by atoms with E-state index in [0.29, 0.717) is 12.0 Å². The number of nitro groups is 1. The highest BCUT2D eigenvalue weighted by molar-refractivity contribution is 5.79. The van der Waals surface area contributed by atoms with Crippen molar-refractivity contribution < 1.29 is 14.8 Å². The van der Waals surface area contributed by atoms with Gasteiger partial charge in [-0.3, -0.25) is 14.9 Å². The molecule has 5 heteroatoms. The number of carbonyl (C=O) groups excluding carboxylic acids is 1. The molecule has 2 atom stereocenters. The van der Waals surface area contributed by atoms with Gasteiger partial charge in [0.05, 0.1) is 11.0 Å². The van der Waals surface area contributed by atoms with Gasteiger partial charge in [0.2, 0.25) is 0 Å². The maximum atomic E-state index is 11.5. The van der Waals surface area contributed by atoms with Crippen molar-refractivity contribution in [1.82, 2.24) is 0 Å². The number of rotatable bonds is 6. The molecule has 5 nitrogen and oxygen atoms in total. The first-order chi connectivity index (χ1) is 8.47. The molecule has 0 unspecified atom stereocenters. The van der Waals surface area contributed by atoms with Crippen molar-refractivity contribution in [3.63, 3.8) is 0 Å². The number of Topliss-reactive ketones (excluding diaryl/α,β-unsaturated/α-hetero) is 1. The molecule has 0 radical (unpaired) electrons. The van der Waals surface area contributed by atoms with Gasteiger partial charge in [-0.2, -0.15) is 0 Å². The number of aliphatic hydroxyl groups is 1. The van der Waals surface area contributed by atoms with Crippen LogP contribution in [0.3, 0.4) is 0 Å². The number of benzene rings is 1. The Hall–Kier alpha value is -1.75. The van der Waals surface area contributed by atoms with E-state index in [-0.39, 0.29) is 11.5 Å². The second kappa shape index (κ2) is 6.26. The van der Waals surface area contributed by atoms with Crippen LogP contribution in [-0.4, -0.2) is 15.8 Å². The fourth-order valence-electron chi connectivity index (χ4n) is 1.92. The molecule has 0 bridgehead atoms. The second-order valence-corrected chi connectivity index (χ2v) is 4.30. The summed E-state index contributed by atoms with van der Waals surface area (Å²) < 4.78 is 0. The summed E-state index contributed by atoms with van der Waals surface area (Å²) in [4.78, 5) is 21.5. The largest absolute Gasteiger partial charge is 0.388 e. The van der Waals surface area contributed by atoms with Crippen LogP contribution in [0.1, 0.15) is 38.4 Å². The van der Waals surface area contributed by atoms with E-state index in [1.165, 1.54) is 31.2 Å². The van der Waals surface area contributed by atoms with E-state index >= 15 is 0 Å². The third-order valence-electron chi connectivity index (χ3n) is 2.95. The van der Waals surface area contributed by atoms with Crippen molar-refractivity contribution in [1.29, 1.82) is 0 Å². The van der Waals surface area contributed by atoms with Crippen LogP contribution in [0.15, 0.2) is 24.3 Å². The lowest BCUT2D eigenvalue weighted by Gasteiger charge is -2.20. The molecule has 0 saturated heterocycles. The van der Waals surface area contributed by atoms with Crippen molar-refractivity contribution in [2.45, 2.75) is 32.8 Å². The lowest BCUT2D eigenvalue weighted by molar-refractivity contribution is -0.384. The Balaban J connectivity index is 2.91. The molecule has 18 heavy (non-hydrogen) atoms. The topological polar surface area (TPSA) is 80.4 Å². The summed E-state index contributed by atoms with van der Waals surface area (Å²) in [5.41, 5.74) is 0.509. The molecule has 0 aromatic heterocycles. The summed E-state index contributed by atoms with van der Waals surface area (Å²) in [6.45, 7) is 3.40. The number of aliphatic hydroxyl groups excluding tert-OH is 1. The van der Waals surface area contributed by atoms with Crippen LogP contribution < -0.4 is 0 Å².